The van der Waals surface area contributed by atoms with E-state index in [1.807, 2.05) is 20.8 Å². The largest absolute Gasteiger partial charge is 0.376 e. The molecule has 0 spiro atoms. The first-order chi connectivity index (χ1) is 8.93. The normalized spacial score (nSPS) is 10.1. The van der Waals surface area contributed by atoms with Gasteiger partial charge in [0.1, 0.15) is 5.82 Å². The Morgan fingerprint density at radius 3 is 2.74 bits per heavy atom. The second kappa shape index (κ2) is 6.92. The molecule has 1 rings (SSSR count). The van der Waals surface area contributed by atoms with Crippen LogP contribution in [-0.2, 0) is 4.79 Å². The van der Waals surface area contributed by atoms with Crippen LogP contribution in [-0.4, -0.2) is 30.4 Å². The molecule has 0 aliphatic rings. The van der Waals surface area contributed by atoms with Crippen LogP contribution in [0.3, 0.4) is 0 Å². The summed E-state index contributed by atoms with van der Waals surface area (Å²) in [7, 11) is 0. The Morgan fingerprint density at radius 1 is 1.47 bits per heavy atom. The van der Waals surface area contributed by atoms with Gasteiger partial charge in [0.25, 0.3) is 0 Å². The summed E-state index contributed by atoms with van der Waals surface area (Å²) in [6, 6.07) is 4.49. The lowest BCUT2D eigenvalue weighted by atomic mass is 10.2. The number of benzene rings is 1. The summed E-state index contributed by atoms with van der Waals surface area (Å²) < 4.78 is 13.1. The van der Waals surface area contributed by atoms with Crippen LogP contribution in [0.15, 0.2) is 30.4 Å². The number of aryl methyl sites for hydroxylation is 1. The molecule has 0 aliphatic heterocycles. The SMILES string of the molecule is C=C(C)CN(CC)C(=O)CNc1cc(F)ccc1C. The number of nitrogens with one attached hydrogen (secondary N) is 1. The number of carbonyl (C=O) groups excluding carboxylic acids is 1. The highest BCUT2D eigenvalue weighted by atomic mass is 19.1. The van der Waals surface area contributed by atoms with Crippen molar-refractivity contribution in [2.24, 2.45) is 0 Å². The van der Waals surface area contributed by atoms with Crippen molar-refractivity contribution in [1.29, 1.82) is 0 Å². The van der Waals surface area contributed by atoms with Gasteiger partial charge in [-0.3, -0.25) is 4.79 Å². The van der Waals surface area contributed by atoms with Gasteiger partial charge in [-0.05, 0) is 38.5 Å². The van der Waals surface area contributed by atoms with E-state index in [4.69, 9.17) is 0 Å². The molecule has 0 heterocycles. The predicted octanol–water partition coefficient (Wildman–Crippen LogP) is 2.97. The molecular formula is C15H21FN2O. The molecule has 1 N–H and O–H groups in total. The van der Waals surface area contributed by atoms with Gasteiger partial charge < -0.3 is 10.2 Å². The number of halogens is 1. The van der Waals surface area contributed by atoms with Gasteiger partial charge in [0.05, 0.1) is 6.54 Å². The Balaban J connectivity index is 2.62. The summed E-state index contributed by atoms with van der Waals surface area (Å²) in [6.07, 6.45) is 0. The minimum Gasteiger partial charge on any atom is -0.376 e. The van der Waals surface area contributed by atoms with Crippen LogP contribution in [0.1, 0.15) is 19.4 Å². The first-order valence-corrected chi connectivity index (χ1v) is 6.36. The maximum absolute atomic E-state index is 13.1. The lowest BCUT2D eigenvalue weighted by Gasteiger charge is -2.21. The van der Waals surface area contributed by atoms with Crippen LogP contribution in [0.2, 0.25) is 0 Å². The molecule has 1 aromatic rings. The minimum absolute atomic E-state index is 0.0193. The van der Waals surface area contributed by atoms with E-state index in [0.717, 1.165) is 11.1 Å². The molecule has 0 aliphatic carbocycles. The van der Waals surface area contributed by atoms with E-state index in [1.54, 1.807) is 11.0 Å². The average molecular weight is 264 g/mol. The maximum atomic E-state index is 13.1. The summed E-state index contributed by atoms with van der Waals surface area (Å²) >= 11 is 0. The number of hydrogen-bond acceptors (Lipinski definition) is 2. The highest BCUT2D eigenvalue weighted by Gasteiger charge is 2.11. The Labute approximate surface area is 114 Å². The number of nitrogens with zero attached hydrogens (tertiary/aromatic N) is 1. The maximum Gasteiger partial charge on any atom is 0.242 e. The highest BCUT2D eigenvalue weighted by molar-refractivity contribution is 5.81. The van der Waals surface area contributed by atoms with Gasteiger partial charge in [0, 0.05) is 18.8 Å². The number of hydrogen-bond donors (Lipinski definition) is 1. The van der Waals surface area contributed by atoms with E-state index in [-0.39, 0.29) is 18.3 Å². The van der Waals surface area contributed by atoms with E-state index in [9.17, 15) is 9.18 Å². The first-order valence-electron chi connectivity index (χ1n) is 6.36. The molecule has 0 aromatic heterocycles. The molecule has 0 unspecified atom stereocenters. The highest BCUT2D eigenvalue weighted by Crippen LogP contribution is 2.15. The van der Waals surface area contributed by atoms with Gasteiger partial charge in [0.15, 0.2) is 0 Å². The smallest absolute Gasteiger partial charge is 0.242 e. The molecule has 0 radical (unpaired) electrons. The zero-order chi connectivity index (χ0) is 14.4. The number of likely N-dealkylation sites (N-methyl/N-ethyl adjacent to an activating group) is 1. The molecule has 19 heavy (non-hydrogen) atoms. The fourth-order valence-electron chi connectivity index (χ4n) is 1.77. The van der Waals surface area contributed by atoms with Crippen LogP contribution in [0, 0.1) is 12.7 Å². The second-order valence-electron chi connectivity index (χ2n) is 4.68. The van der Waals surface area contributed by atoms with Gasteiger partial charge >= 0.3 is 0 Å². The monoisotopic (exact) mass is 264 g/mol. The molecule has 0 atom stereocenters. The molecule has 0 saturated carbocycles. The van der Waals surface area contributed by atoms with Crippen molar-refractivity contribution in [2.75, 3.05) is 25.0 Å². The van der Waals surface area contributed by atoms with Crippen molar-refractivity contribution in [2.45, 2.75) is 20.8 Å². The molecule has 4 heteroatoms. The molecule has 3 nitrogen and oxygen atoms in total. The van der Waals surface area contributed by atoms with Crippen molar-refractivity contribution in [3.05, 3.63) is 41.7 Å². The van der Waals surface area contributed by atoms with Crippen LogP contribution in [0.5, 0.6) is 0 Å². The lowest BCUT2D eigenvalue weighted by molar-refractivity contribution is -0.128. The Morgan fingerprint density at radius 2 is 2.16 bits per heavy atom. The third-order valence-electron chi connectivity index (χ3n) is 2.82. The summed E-state index contributed by atoms with van der Waals surface area (Å²) in [5, 5.41) is 2.98. The third-order valence-corrected chi connectivity index (χ3v) is 2.82. The fourth-order valence-corrected chi connectivity index (χ4v) is 1.77. The molecule has 1 aromatic carbocycles. The molecular weight excluding hydrogens is 243 g/mol. The van der Waals surface area contributed by atoms with Crippen molar-refractivity contribution in [3.8, 4) is 0 Å². The van der Waals surface area contributed by atoms with Gasteiger partial charge in [0.2, 0.25) is 5.91 Å². The van der Waals surface area contributed by atoms with Crippen LogP contribution < -0.4 is 5.32 Å². The molecule has 1 amide bonds. The number of carbonyl (C=O) groups is 1. The van der Waals surface area contributed by atoms with Gasteiger partial charge in [-0.15, -0.1) is 0 Å². The number of amides is 1. The van der Waals surface area contributed by atoms with E-state index in [0.29, 0.717) is 18.8 Å². The topological polar surface area (TPSA) is 32.3 Å². The molecule has 0 bridgehead atoms. The lowest BCUT2D eigenvalue weighted by Crippen LogP contribution is -2.36. The van der Waals surface area contributed by atoms with E-state index < -0.39 is 0 Å². The van der Waals surface area contributed by atoms with E-state index in [2.05, 4.69) is 11.9 Å². The zero-order valence-corrected chi connectivity index (χ0v) is 11.8. The Kier molecular flexibility index (Phi) is 5.55. The van der Waals surface area contributed by atoms with E-state index >= 15 is 0 Å². The average Bonchev–Trinajstić information content (AvgIpc) is 2.36. The summed E-state index contributed by atoms with van der Waals surface area (Å²) in [6.45, 7) is 10.8. The number of rotatable bonds is 6. The van der Waals surface area contributed by atoms with Gasteiger partial charge in [-0.2, -0.15) is 0 Å². The van der Waals surface area contributed by atoms with Gasteiger partial charge in [-0.25, -0.2) is 4.39 Å². The van der Waals surface area contributed by atoms with Crippen molar-refractivity contribution < 1.29 is 9.18 Å². The summed E-state index contributed by atoms with van der Waals surface area (Å²) in [5.74, 6) is -0.330. The first kappa shape index (κ1) is 15.2. The molecule has 0 fully saturated rings. The Bertz CT molecular complexity index is 471. The standard InChI is InChI=1S/C15H21FN2O/c1-5-18(10-11(2)3)15(19)9-17-14-8-13(16)7-6-12(14)4/h6-8,17H,2,5,9-10H2,1,3-4H3. The zero-order valence-electron chi connectivity index (χ0n) is 11.8. The Hall–Kier alpha value is -1.84. The van der Waals surface area contributed by atoms with Crippen molar-refractivity contribution in [1.82, 2.24) is 4.90 Å². The number of anilines is 1. The van der Waals surface area contributed by atoms with E-state index in [1.165, 1.54) is 12.1 Å². The summed E-state index contributed by atoms with van der Waals surface area (Å²) in [4.78, 5) is 13.7. The van der Waals surface area contributed by atoms with Crippen LogP contribution in [0.25, 0.3) is 0 Å². The quantitative estimate of drug-likeness (QED) is 0.801. The van der Waals surface area contributed by atoms with Crippen LogP contribution >= 0.6 is 0 Å². The summed E-state index contributed by atoms with van der Waals surface area (Å²) in [5.41, 5.74) is 2.51. The predicted molar refractivity (Wildman–Crippen MR) is 76.7 cm³/mol. The van der Waals surface area contributed by atoms with Crippen molar-refractivity contribution >= 4 is 11.6 Å². The second-order valence-corrected chi connectivity index (χ2v) is 4.68. The molecule has 104 valence electrons. The third kappa shape index (κ3) is 4.73. The van der Waals surface area contributed by atoms with Crippen LogP contribution in [0.4, 0.5) is 10.1 Å². The van der Waals surface area contributed by atoms with Gasteiger partial charge in [-0.1, -0.05) is 18.2 Å². The fraction of sp³-hybridized carbons (Fsp3) is 0.400. The molecule has 0 saturated heterocycles. The van der Waals surface area contributed by atoms with Crippen molar-refractivity contribution in [3.63, 3.8) is 0 Å². The minimum atomic E-state index is -0.310.